The second-order valence-corrected chi connectivity index (χ2v) is 6.92. The lowest BCUT2D eigenvalue weighted by atomic mass is 9.94. The molecule has 3 N–H and O–H groups in total. The van der Waals surface area contributed by atoms with Gasteiger partial charge in [0.2, 0.25) is 0 Å². The van der Waals surface area contributed by atoms with Crippen molar-refractivity contribution in [3.05, 3.63) is 74.4 Å². The quantitative estimate of drug-likeness (QED) is 0.672. The molecular weight excluding hydrogens is 397 g/mol. The Hall–Kier alpha value is -2.21. The molecule has 2 aromatic carbocycles. The zero-order chi connectivity index (χ0) is 18.8. The Bertz CT molecular complexity index is 928. The first kappa shape index (κ1) is 18.6. The average molecular weight is 411 g/mol. The molecule has 2 aromatic rings. The minimum atomic E-state index is -0.726. The van der Waals surface area contributed by atoms with Gasteiger partial charge in [-0.1, -0.05) is 53.0 Å². The number of anilines is 1. The summed E-state index contributed by atoms with van der Waals surface area (Å²) in [5, 5.41) is 9.32. The molecule has 1 heterocycles. The molecular formula is C18H14Cl3N3O2. The van der Waals surface area contributed by atoms with E-state index in [0.29, 0.717) is 37.6 Å². The standard InChI is InChI=1S/C18H14Cl3N3O2/c1-9-15(17(25)23-14-5-3-2-4-12(14)20)16(24-18(26)22-9)11-7-6-10(19)8-13(11)21/h2-8,16H,1H3,(H,23,25)(H2,22,24,26)/t16-/m0/s1. The van der Waals surface area contributed by atoms with E-state index in [-0.39, 0.29) is 0 Å². The van der Waals surface area contributed by atoms with Crippen molar-refractivity contribution in [2.75, 3.05) is 5.32 Å². The summed E-state index contributed by atoms with van der Waals surface area (Å²) in [6.07, 6.45) is 0. The van der Waals surface area contributed by atoms with Gasteiger partial charge in [-0.25, -0.2) is 4.79 Å². The molecule has 0 bridgehead atoms. The number of para-hydroxylation sites is 1. The summed E-state index contributed by atoms with van der Waals surface area (Å²) < 4.78 is 0. The minimum absolute atomic E-state index is 0.328. The van der Waals surface area contributed by atoms with Crippen molar-refractivity contribution >= 4 is 52.4 Å². The van der Waals surface area contributed by atoms with Crippen LogP contribution in [0.5, 0.6) is 0 Å². The van der Waals surface area contributed by atoms with Crippen LogP contribution in [0.3, 0.4) is 0 Å². The molecule has 0 saturated heterocycles. The molecule has 3 rings (SSSR count). The summed E-state index contributed by atoms with van der Waals surface area (Å²) >= 11 is 18.3. The van der Waals surface area contributed by atoms with E-state index in [9.17, 15) is 9.59 Å². The fourth-order valence-electron chi connectivity index (χ4n) is 2.72. The van der Waals surface area contributed by atoms with Crippen molar-refractivity contribution in [3.63, 3.8) is 0 Å². The molecule has 1 atom stereocenters. The molecule has 3 amide bonds. The molecule has 0 radical (unpaired) electrons. The van der Waals surface area contributed by atoms with Gasteiger partial charge in [-0.15, -0.1) is 0 Å². The highest BCUT2D eigenvalue weighted by Crippen LogP contribution is 2.34. The normalized spacial score (nSPS) is 16.8. The maximum absolute atomic E-state index is 12.9. The predicted octanol–water partition coefficient (Wildman–Crippen LogP) is 4.91. The van der Waals surface area contributed by atoms with Crippen molar-refractivity contribution in [2.45, 2.75) is 13.0 Å². The number of benzene rings is 2. The second kappa shape index (κ2) is 7.58. The van der Waals surface area contributed by atoms with Crippen LogP contribution in [-0.4, -0.2) is 11.9 Å². The van der Waals surface area contributed by atoms with Gasteiger partial charge in [0.05, 0.1) is 22.3 Å². The number of hydrogen-bond acceptors (Lipinski definition) is 2. The minimum Gasteiger partial charge on any atom is -0.327 e. The van der Waals surface area contributed by atoms with Gasteiger partial charge in [0.25, 0.3) is 5.91 Å². The lowest BCUT2D eigenvalue weighted by Gasteiger charge is -2.29. The van der Waals surface area contributed by atoms with Gasteiger partial charge in [-0.05, 0) is 36.8 Å². The number of halogens is 3. The Morgan fingerprint density at radius 1 is 1.08 bits per heavy atom. The van der Waals surface area contributed by atoms with Crippen LogP contribution in [0.1, 0.15) is 18.5 Å². The number of urea groups is 1. The summed E-state index contributed by atoms with van der Waals surface area (Å²) in [5.41, 5.74) is 1.79. The molecule has 8 heteroatoms. The predicted molar refractivity (Wildman–Crippen MR) is 104 cm³/mol. The number of allylic oxidation sites excluding steroid dienone is 1. The first-order chi connectivity index (χ1) is 12.4. The van der Waals surface area contributed by atoms with E-state index < -0.39 is 18.0 Å². The van der Waals surface area contributed by atoms with Gasteiger partial charge < -0.3 is 16.0 Å². The highest BCUT2D eigenvalue weighted by atomic mass is 35.5. The third-order valence-corrected chi connectivity index (χ3v) is 4.80. The molecule has 0 spiro atoms. The van der Waals surface area contributed by atoms with Crippen LogP contribution in [0.25, 0.3) is 0 Å². The van der Waals surface area contributed by atoms with Crippen LogP contribution in [0.4, 0.5) is 10.5 Å². The van der Waals surface area contributed by atoms with E-state index >= 15 is 0 Å². The second-order valence-electron chi connectivity index (χ2n) is 5.67. The van der Waals surface area contributed by atoms with Crippen LogP contribution in [0.15, 0.2) is 53.7 Å². The van der Waals surface area contributed by atoms with Crippen LogP contribution in [0, 0.1) is 0 Å². The fourth-order valence-corrected chi connectivity index (χ4v) is 3.42. The zero-order valence-corrected chi connectivity index (χ0v) is 15.8. The Morgan fingerprint density at radius 3 is 2.50 bits per heavy atom. The Labute approximate surface area is 165 Å². The van der Waals surface area contributed by atoms with Crippen molar-refractivity contribution in [1.29, 1.82) is 0 Å². The molecule has 5 nitrogen and oxygen atoms in total. The van der Waals surface area contributed by atoms with Crippen LogP contribution in [0.2, 0.25) is 15.1 Å². The van der Waals surface area contributed by atoms with Gasteiger partial charge in [-0.2, -0.15) is 0 Å². The summed E-state index contributed by atoms with van der Waals surface area (Å²) in [6, 6.07) is 10.6. The van der Waals surface area contributed by atoms with E-state index in [0.717, 1.165) is 0 Å². The highest BCUT2D eigenvalue weighted by Gasteiger charge is 2.32. The first-order valence-corrected chi connectivity index (χ1v) is 8.79. The number of nitrogens with one attached hydrogen (secondary N) is 3. The summed E-state index contributed by atoms with van der Waals surface area (Å²) in [6.45, 7) is 1.65. The average Bonchev–Trinajstić information content (AvgIpc) is 2.56. The smallest absolute Gasteiger partial charge is 0.319 e. The first-order valence-electron chi connectivity index (χ1n) is 7.66. The van der Waals surface area contributed by atoms with Crippen molar-refractivity contribution in [3.8, 4) is 0 Å². The molecule has 26 heavy (non-hydrogen) atoms. The largest absolute Gasteiger partial charge is 0.327 e. The molecule has 0 aliphatic carbocycles. The van der Waals surface area contributed by atoms with E-state index in [4.69, 9.17) is 34.8 Å². The van der Waals surface area contributed by atoms with Gasteiger partial charge in [0, 0.05) is 15.7 Å². The SMILES string of the molecule is CC1=C(C(=O)Nc2ccccc2Cl)[C@H](c2ccc(Cl)cc2Cl)NC(=O)N1. The summed E-state index contributed by atoms with van der Waals surface area (Å²) in [5.74, 6) is -0.404. The van der Waals surface area contributed by atoms with Crippen molar-refractivity contribution < 1.29 is 9.59 Å². The van der Waals surface area contributed by atoms with Crippen molar-refractivity contribution in [2.24, 2.45) is 0 Å². The van der Waals surface area contributed by atoms with E-state index in [1.165, 1.54) is 0 Å². The molecule has 0 fully saturated rings. The topological polar surface area (TPSA) is 70.2 Å². The molecule has 0 aromatic heterocycles. The molecule has 1 aliphatic rings. The summed E-state index contributed by atoms with van der Waals surface area (Å²) in [4.78, 5) is 24.8. The van der Waals surface area contributed by atoms with Crippen molar-refractivity contribution in [1.82, 2.24) is 10.6 Å². The number of carbonyl (C=O) groups excluding carboxylic acids is 2. The maximum Gasteiger partial charge on any atom is 0.319 e. The number of amides is 3. The zero-order valence-electron chi connectivity index (χ0n) is 13.6. The molecule has 0 saturated carbocycles. The Morgan fingerprint density at radius 2 is 1.81 bits per heavy atom. The Balaban J connectivity index is 2.00. The summed E-state index contributed by atoms with van der Waals surface area (Å²) in [7, 11) is 0. The molecule has 134 valence electrons. The third-order valence-electron chi connectivity index (χ3n) is 3.91. The van der Waals surface area contributed by atoms with Crippen LogP contribution in [-0.2, 0) is 4.79 Å². The lowest BCUT2D eigenvalue weighted by molar-refractivity contribution is -0.113. The lowest BCUT2D eigenvalue weighted by Crippen LogP contribution is -2.46. The number of rotatable bonds is 3. The Kier molecular flexibility index (Phi) is 5.41. The monoisotopic (exact) mass is 409 g/mol. The van der Waals surface area contributed by atoms with Gasteiger partial charge in [0.15, 0.2) is 0 Å². The maximum atomic E-state index is 12.9. The van der Waals surface area contributed by atoms with Gasteiger partial charge >= 0.3 is 6.03 Å². The number of hydrogen-bond donors (Lipinski definition) is 3. The molecule has 1 aliphatic heterocycles. The fraction of sp³-hybridized carbons (Fsp3) is 0.111. The van der Waals surface area contributed by atoms with E-state index in [1.54, 1.807) is 49.4 Å². The highest BCUT2D eigenvalue weighted by molar-refractivity contribution is 6.35. The van der Waals surface area contributed by atoms with Gasteiger partial charge in [-0.3, -0.25) is 4.79 Å². The van der Waals surface area contributed by atoms with E-state index in [2.05, 4.69) is 16.0 Å². The van der Waals surface area contributed by atoms with E-state index in [1.807, 2.05) is 0 Å². The van der Waals surface area contributed by atoms with Gasteiger partial charge in [0.1, 0.15) is 0 Å². The number of carbonyl (C=O) groups is 2. The third kappa shape index (κ3) is 3.80. The van der Waals surface area contributed by atoms with Crippen LogP contribution >= 0.6 is 34.8 Å². The molecule has 0 unspecified atom stereocenters. The van der Waals surface area contributed by atoms with Crippen LogP contribution < -0.4 is 16.0 Å².